The lowest BCUT2D eigenvalue weighted by Gasteiger charge is -2.31. The van der Waals surface area contributed by atoms with Crippen LogP contribution >= 0.6 is 12.8 Å². The molecule has 28 heavy (non-hydrogen) atoms. The van der Waals surface area contributed by atoms with E-state index in [2.05, 4.69) is 64.1 Å². The fourth-order valence-corrected chi connectivity index (χ4v) is 4.08. The first-order chi connectivity index (χ1) is 13.3. The molecule has 0 aromatic heterocycles. The van der Waals surface area contributed by atoms with Gasteiger partial charge >= 0.3 is 6.03 Å². The zero-order chi connectivity index (χ0) is 21.3. The predicted octanol–water partition coefficient (Wildman–Crippen LogP) is 7.34. The normalized spacial score (nSPS) is 22.6. The third-order valence-electron chi connectivity index (χ3n) is 6.21. The highest BCUT2D eigenvalue weighted by Gasteiger charge is 2.38. The van der Waals surface area contributed by atoms with Crippen LogP contribution in [0.4, 0.5) is 4.79 Å². The zero-order valence-corrected chi connectivity index (χ0v) is 19.8. The van der Waals surface area contributed by atoms with Crippen molar-refractivity contribution in [1.82, 2.24) is 10.0 Å². The molecule has 2 amide bonds. The van der Waals surface area contributed by atoms with Crippen molar-refractivity contribution in [2.24, 2.45) is 17.8 Å². The maximum absolute atomic E-state index is 11.6. The van der Waals surface area contributed by atoms with E-state index in [4.69, 9.17) is 0 Å². The molecule has 0 aliphatic heterocycles. The van der Waals surface area contributed by atoms with Crippen LogP contribution in [0, 0.1) is 17.8 Å². The maximum atomic E-state index is 11.6. The van der Waals surface area contributed by atoms with Crippen LogP contribution in [0.25, 0.3) is 0 Å². The fourth-order valence-electron chi connectivity index (χ4n) is 4.02. The summed E-state index contributed by atoms with van der Waals surface area (Å²) in [5.41, 5.74) is 6.90. The van der Waals surface area contributed by atoms with Crippen molar-refractivity contribution in [3.8, 4) is 0 Å². The van der Waals surface area contributed by atoms with Crippen molar-refractivity contribution in [3.63, 3.8) is 0 Å². The molecule has 2 unspecified atom stereocenters. The largest absolute Gasteiger partial charge is 0.329 e. The second kappa shape index (κ2) is 12.4. The van der Waals surface area contributed by atoms with Gasteiger partial charge in [-0.15, -0.1) is 6.58 Å². The van der Waals surface area contributed by atoms with Gasteiger partial charge in [-0.25, -0.2) is 4.79 Å². The number of hydrogen-bond donors (Lipinski definition) is 3. The molecule has 0 aromatic rings. The summed E-state index contributed by atoms with van der Waals surface area (Å²) in [6, 6.07) is -0.209. The van der Waals surface area contributed by atoms with Gasteiger partial charge in [-0.3, -0.25) is 4.72 Å². The fraction of sp³-hybridized carbons (Fsp3) is 0.708. The minimum atomic E-state index is -0.209. The number of rotatable bonds is 3. The third kappa shape index (κ3) is 7.02. The van der Waals surface area contributed by atoms with Crippen molar-refractivity contribution >= 4 is 18.8 Å². The first kappa shape index (κ1) is 24.9. The van der Waals surface area contributed by atoms with Crippen LogP contribution in [0.15, 0.2) is 34.6 Å². The summed E-state index contributed by atoms with van der Waals surface area (Å²) < 4.78 is 2.37. The van der Waals surface area contributed by atoms with E-state index in [1.54, 1.807) is 5.57 Å². The summed E-state index contributed by atoms with van der Waals surface area (Å²) in [4.78, 5) is 11.6. The number of allylic oxidation sites excluding steroid dienone is 4. The van der Waals surface area contributed by atoms with Gasteiger partial charge in [0.2, 0.25) is 0 Å². The highest BCUT2D eigenvalue weighted by atomic mass is 32.1. The summed E-state index contributed by atoms with van der Waals surface area (Å²) in [7, 11) is 0. The number of urea groups is 1. The van der Waals surface area contributed by atoms with E-state index in [0.717, 1.165) is 30.9 Å². The molecular weight excluding hydrogens is 364 g/mol. The molecule has 0 bridgehead atoms. The summed E-state index contributed by atoms with van der Waals surface area (Å²) in [6.45, 7) is 16.8. The van der Waals surface area contributed by atoms with Crippen LogP contribution in [0.2, 0.25) is 0 Å². The molecule has 1 saturated carbocycles. The molecule has 3 rings (SSSR count). The Labute approximate surface area is 179 Å². The second-order valence-electron chi connectivity index (χ2n) is 8.72. The summed E-state index contributed by atoms with van der Waals surface area (Å²) in [5.74, 6) is 2.23. The minimum absolute atomic E-state index is 0.209. The van der Waals surface area contributed by atoms with E-state index in [-0.39, 0.29) is 6.03 Å². The molecule has 1 fully saturated rings. The maximum Gasteiger partial charge on any atom is 0.329 e. The molecule has 3 aliphatic rings. The number of carbonyl (C=O) groups is 1. The van der Waals surface area contributed by atoms with Gasteiger partial charge in [-0.2, -0.15) is 0 Å². The highest BCUT2D eigenvalue weighted by molar-refractivity contribution is 7.78. The first-order valence-corrected chi connectivity index (χ1v) is 11.5. The molecule has 4 heteroatoms. The number of fused-ring (bicyclic) bond motifs is 1. The minimum Gasteiger partial charge on any atom is -0.307 e. The predicted molar refractivity (Wildman–Crippen MR) is 125 cm³/mol. The van der Waals surface area contributed by atoms with Crippen LogP contribution in [0.1, 0.15) is 92.9 Å². The Kier molecular flexibility index (Phi) is 11.0. The second-order valence-corrected chi connectivity index (χ2v) is 8.95. The molecule has 0 saturated heterocycles. The molecule has 2 atom stereocenters. The van der Waals surface area contributed by atoms with Crippen LogP contribution in [0.3, 0.4) is 0 Å². The van der Waals surface area contributed by atoms with Gasteiger partial charge in [0.1, 0.15) is 0 Å². The van der Waals surface area contributed by atoms with Crippen LogP contribution in [-0.4, -0.2) is 6.03 Å². The van der Waals surface area contributed by atoms with Gasteiger partial charge in [0.05, 0.1) is 0 Å². The highest BCUT2D eigenvalue weighted by Crippen LogP contribution is 2.50. The van der Waals surface area contributed by atoms with Crippen molar-refractivity contribution in [3.05, 3.63) is 34.6 Å². The Morgan fingerprint density at radius 3 is 2.25 bits per heavy atom. The number of carbonyl (C=O) groups excluding carboxylic acids is 1. The van der Waals surface area contributed by atoms with Crippen molar-refractivity contribution in [1.29, 1.82) is 0 Å². The molecule has 3 nitrogen and oxygen atoms in total. The number of hydrogen-bond acceptors (Lipinski definition) is 2. The van der Waals surface area contributed by atoms with Gasteiger partial charge in [-0.05, 0) is 80.8 Å². The molecular formula is C24H42N2OS. The van der Waals surface area contributed by atoms with Crippen molar-refractivity contribution in [2.75, 3.05) is 0 Å². The third-order valence-corrected chi connectivity index (χ3v) is 6.41. The number of amides is 2. The van der Waals surface area contributed by atoms with Gasteiger partial charge in [0.25, 0.3) is 0 Å². The van der Waals surface area contributed by atoms with Crippen LogP contribution in [-0.2, 0) is 0 Å². The summed E-state index contributed by atoms with van der Waals surface area (Å²) >= 11 is 3.83. The van der Waals surface area contributed by atoms with Crippen molar-refractivity contribution in [2.45, 2.75) is 92.9 Å². The van der Waals surface area contributed by atoms with Crippen molar-refractivity contribution < 1.29 is 4.79 Å². The lowest BCUT2D eigenvalue weighted by molar-refractivity contribution is 0.248. The Morgan fingerprint density at radius 2 is 1.75 bits per heavy atom. The average Bonchev–Trinajstić information content (AvgIpc) is 3.35. The van der Waals surface area contributed by atoms with E-state index in [0.29, 0.717) is 11.8 Å². The molecule has 0 aromatic carbocycles. The van der Waals surface area contributed by atoms with Crippen LogP contribution in [0.5, 0.6) is 0 Å². The molecule has 0 spiro atoms. The lowest BCUT2D eigenvalue weighted by atomic mass is 9.76. The van der Waals surface area contributed by atoms with Gasteiger partial charge in [-0.1, -0.05) is 65.0 Å². The van der Waals surface area contributed by atoms with E-state index in [1.807, 2.05) is 6.92 Å². The standard InChI is InChI=1S/C14H20N2OS.C5H12.C5H10/c1-8-9-4-2-6-11(9)13(15-14(17)16-18)12-7-3-5-10(8)12;2*1-4-5(2)3/h8-9,18H,2-7H2,1H3,(H2,15,16,17);5H,4H2,1-3H3;2,4H2,1,3H3. The first-order valence-electron chi connectivity index (χ1n) is 11.1. The molecule has 2 N–H and O–H groups in total. The SMILES string of the molecule is C=C(C)CC.CC1C2=C(CCC2)C(NC(=O)NS)=C2CCCC21.CCC(C)C. The smallest absolute Gasteiger partial charge is 0.307 e. The number of thiol groups is 1. The quantitative estimate of drug-likeness (QED) is 0.333. The van der Waals surface area contributed by atoms with E-state index < -0.39 is 0 Å². The molecule has 3 aliphatic carbocycles. The number of nitrogens with one attached hydrogen (secondary N) is 2. The Bertz CT molecular complexity index is 604. The van der Waals surface area contributed by atoms with Gasteiger partial charge in [0.15, 0.2) is 0 Å². The summed E-state index contributed by atoms with van der Waals surface area (Å²) in [5, 5.41) is 3.03. The molecule has 0 heterocycles. The van der Waals surface area contributed by atoms with E-state index in [1.165, 1.54) is 48.8 Å². The van der Waals surface area contributed by atoms with Gasteiger partial charge in [0, 0.05) is 5.70 Å². The van der Waals surface area contributed by atoms with Gasteiger partial charge < -0.3 is 5.32 Å². The molecule has 160 valence electrons. The Balaban J connectivity index is 0.000000329. The average molecular weight is 407 g/mol. The summed E-state index contributed by atoms with van der Waals surface area (Å²) in [6.07, 6.45) is 9.68. The lowest BCUT2D eigenvalue weighted by Crippen LogP contribution is -2.33. The molecule has 0 radical (unpaired) electrons. The Hall–Kier alpha value is -1.16. The topological polar surface area (TPSA) is 41.1 Å². The van der Waals surface area contributed by atoms with E-state index >= 15 is 0 Å². The Morgan fingerprint density at radius 1 is 1.18 bits per heavy atom. The van der Waals surface area contributed by atoms with E-state index in [9.17, 15) is 4.79 Å². The zero-order valence-electron chi connectivity index (χ0n) is 19.0. The monoisotopic (exact) mass is 406 g/mol. The van der Waals surface area contributed by atoms with Crippen LogP contribution < -0.4 is 10.0 Å².